The van der Waals surface area contributed by atoms with Crippen LogP contribution in [0, 0.1) is 5.92 Å². The van der Waals surface area contributed by atoms with Gasteiger partial charge in [-0.15, -0.1) is 0 Å². The molecular weight excluding hydrogens is 260 g/mol. The van der Waals surface area contributed by atoms with Crippen LogP contribution in [0.5, 0.6) is 5.75 Å². The molecular formula is C19H30O2. The van der Waals surface area contributed by atoms with E-state index < -0.39 is 0 Å². The minimum atomic E-state index is 0.706. The van der Waals surface area contributed by atoms with Gasteiger partial charge in [-0.3, -0.25) is 0 Å². The van der Waals surface area contributed by atoms with E-state index in [1.165, 1.54) is 50.5 Å². The van der Waals surface area contributed by atoms with Crippen molar-refractivity contribution in [3.63, 3.8) is 0 Å². The first-order chi connectivity index (χ1) is 10.4. The first-order valence-corrected chi connectivity index (χ1v) is 8.68. The summed E-state index contributed by atoms with van der Waals surface area (Å²) in [5.74, 6) is 1.87. The summed E-state index contributed by atoms with van der Waals surface area (Å²) < 4.78 is 11.6. The van der Waals surface area contributed by atoms with Gasteiger partial charge in [-0.1, -0.05) is 57.6 Å². The van der Waals surface area contributed by atoms with E-state index in [1.807, 2.05) is 6.07 Å². The van der Waals surface area contributed by atoms with Gasteiger partial charge in [-0.05, 0) is 36.5 Å². The smallest absolute Gasteiger partial charge is 0.119 e. The van der Waals surface area contributed by atoms with Gasteiger partial charge in [0.2, 0.25) is 0 Å². The third-order valence-electron chi connectivity index (χ3n) is 4.33. The van der Waals surface area contributed by atoms with Gasteiger partial charge in [-0.2, -0.15) is 0 Å². The summed E-state index contributed by atoms with van der Waals surface area (Å²) in [6.45, 7) is 4.59. The van der Waals surface area contributed by atoms with E-state index in [-0.39, 0.29) is 0 Å². The van der Waals surface area contributed by atoms with E-state index in [0.717, 1.165) is 31.3 Å². The highest BCUT2D eigenvalue weighted by atomic mass is 16.5. The van der Waals surface area contributed by atoms with Crippen molar-refractivity contribution in [1.82, 2.24) is 0 Å². The molecule has 0 unspecified atom stereocenters. The van der Waals surface area contributed by atoms with Crippen molar-refractivity contribution >= 4 is 0 Å². The van der Waals surface area contributed by atoms with Crippen molar-refractivity contribution in [3.8, 4) is 5.75 Å². The van der Waals surface area contributed by atoms with Gasteiger partial charge >= 0.3 is 0 Å². The average molecular weight is 290 g/mol. The Kier molecular flexibility index (Phi) is 7.66. The van der Waals surface area contributed by atoms with Gasteiger partial charge in [-0.25, -0.2) is 0 Å². The summed E-state index contributed by atoms with van der Waals surface area (Å²) in [7, 11) is 0. The third-order valence-corrected chi connectivity index (χ3v) is 4.33. The van der Waals surface area contributed by atoms with E-state index in [2.05, 4.69) is 25.1 Å². The molecule has 0 aliphatic heterocycles. The van der Waals surface area contributed by atoms with Crippen molar-refractivity contribution < 1.29 is 9.47 Å². The molecule has 1 aliphatic rings. The van der Waals surface area contributed by atoms with Crippen LogP contribution in [0.15, 0.2) is 24.3 Å². The molecule has 0 amide bonds. The van der Waals surface area contributed by atoms with E-state index in [0.29, 0.717) is 6.61 Å². The zero-order valence-corrected chi connectivity index (χ0v) is 13.5. The number of rotatable bonds is 9. The van der Waals surface area contributed by atoms with E-state index in [1.54, 1.807) is 0 Å². The summed E-state index contributed by atoms with van der Waals surface area (Å²) >= 11 is 0. The van der Waals surface area contributed by atoms with Gasteiger partial charge < -0.3 is 9.47 Å². The second-order valence-electron chi connectivity index (χ2n) is 6.19. The van der Waals surface area contributed by atoms with Crippen LogP contribution in [-0.2, 0) is 11.3 Å². The molecule has 21 heavy (non-hydrogen) atoms. The van der Waals surface area contributed by atoms with E-state index in [4.69, 9.17) is 9.47 Å². The average Bonchev–Trinajstić information content (AvgIpc) is 2.53. The van der Waals surface area contributed by atoms with Crippen LogP contribution >= 0.6 is 0 Å². The highest BCUT2D eigenvalue weighted by Crippen LogP contribution is 2.26. The SMILES string of the molecule is CCCCOc1cccc(COCCC2CCCCC2)c1. The molecule has 0 atom stereocenters. The molecule has 0 bridgehead atoms. The topological polar surface area (TPSA) is 18.5 Å². The van der Waals surface area contributed by atoms with Crippen molar-refractivity contribution in [2.75, 3.05) is 13.2 Å². The molecule has 1 fully saturated rings. The fourth-order valence-corrected chi connectivity index (χ4v) is 2.98. The first-order valence-electron chi connectivity index (χ1n) is 8.68. The molecule has 2 nitrogen and oxygen atoms in total. The lowest BCUT2D eigenvalue weighted by molar-refractivity contribution is 0.101. The first kappa shape index (κ1) is 16.4. The lowest BCUT2D eigenvalue weighted by atomic mass is 9.87. The summed E-state index contributed by atoms with van der Waals surface area (Å²) in [6.07, 6.45) is 10.6. The molecule has 0 spiro atoms. The number of benzene rings is 1. The number of hydrogen-bond acceptors (Lipinski definition) is 2. The summed E-state index contributed by atoms with van der Waals surface area (Å²) in [5.41, 5.74) is 1.22. The number of unbranched alkanes of at least 4 members (excludes halogenated alkanes) is 1. The maximum atomic E-state index is 5.85. The predicted octanol–water partition coefficient (Wildman–Crippen LogP) is 5.35. The third kappa shape index (κ3) is 6.52. The lowest BCUT2D eigenvalue weighted by Gasteiger charge is -2.21. The Morgan fingerprint density at radius 3 is 2.76 bits per heavy atom. The molecule has 0 aromatic heterocycles. The largest absolute Gasteiger partial charge is 0.494 e. The van der Waals surface area contributed by atoms with Gasteiger partial charge in [0.15, 0.2) is 0 Å². The second-order valence-corrected chi connectivity index (χ2v) is 6.19. The summed E-state index contributed by atoms with van der Waals surface area (Å²) in [6, 6.07) is 8.31. The van der Waals surface area contributed by atoms with Crippen molar-refractivity contribution in [2.45, 2.75) is 64.9 Å². The number of ether oxygens (including phenoxy) is 2. The normalized spacial score (nSPS) is 16.0. The molecule has 2 rings (SSSR count). The minimum Gasteiger partial charge on any atom is -0.494 e. The van der Waals surface area contributed by atoms with Crippen LogP contribution in [0.4, 0.5) is 0 Å². The van der Waals surface area contributed by atoms with E-state index in [9.17, 15) is 0 Å². The van der Waals surface area contributed by atoms with Crippen molar-refractivity contribution in [1.29, 1.82) is 0 Å². The van der Waals surface area contributed by atoms with Crippen molar-refractivity contribution in [3.05, 3.63) is 29.8 Å². The Hall–Kier alpha value is -1.02. The molecule has 0 N–H and O–H groups in total. The predicted molar refractivity (Wildman–Crippen MR) is 87.7 cm³/mol. The van der Waals surface area contributed by atoms with Crippen LogP contribution in [0.25, 0.3) is 0 Å². The molecule has 1 aromatic carbocycles. The minimum absolute atomic E-state index is 0.706. The van der Waals surface area contributed by atoms with Crippen LogP contribution in [0.1, 0.15) is 63.9 Å². The zero-order chi connectivity index (χ0) is 14.8. The second kappa shape index (κ2) is 9.83. The Labute approximate surface area is 129 Å². The standard InChI is InChI=1S/C19H30O2/c1-2-3-13-21-19-11-7-10-18(15-19)16-20-14-12-17-8-5-4-6-9-17/h7,10-11,15,17H,2-6,8-9,12-14,16H2,1H3. The molecule has 0 saturated heterocycles. The highest BCUT2D eigenvalue weighted by Gasteiger charge is 2.12. The van der Waals surface area contributed by atoms with Crippen LogP contribution in [0.2, 0.25) is 0 Å². The Morgan fingerprint density at radius 2 is 1.95 bits per heavy atom. The van der Waals surface area contributed by atoms with Crippen LogP contribution in [-0.4, -0.2) is 13.2 Å². The monoisotopic (exact) mass is 290 g/mol. The summed E-state index contributed by atoms with van der Waals surface area (Å²) in [4.78, 5) is 0. The highest BCUT2D eigenvalue weighted by molar-refractivity contribution is 5.28. The van der Waals surface area contributed by atoms with Crippen molar-refractivity contribution in [2.24, 2.45) is 5.92 Å². The Morgan fingerprint density at radius 1 is 1.10 bits per heavy atom. The van der Waals surface area contributed by atoms with Crippen LogP contribution in [0.3, 0.4) is 0 Å². The van der Waals surface area contributed by atoms with Gasteiger partial charge in [0.1, 0.15) is 5.75 Å². The lowest BCUT2D eigenvalue weighted by Crippen LogP contribution is -2.09. The maximum Gasteiger partial charge on any atom is 0.119 e. The Balaban J connectivity index is 1.64. The zero-order valence-electron chi connectivity index (χ0n) is 13.5. The fraction of sp³-hybridized carbons (Fsp3) is 0.684. The molecule has 2 heteroatoms. The van der Waals surface area contributed by atoms with Gasteiger partial charge in [0, 0.05) is 6.61 Å². The summed E-state index contributed by atoms with van der Waals surface area (Å²) in [5, 5.41) is 0. The molecule has 0 heterocycles. The van der Waals surface area contributed by atoms with Crippen LogP contribution < -0.4 is 4.74 Å². The Bertz CT molecular complexity index is 383. The molecule has 118 valence electrons. The van der Waals surface area contributed by atoms with E-state index >= 15 is 0 Å². The van der Waals surface area contributed by atoms with Gasteiger partial charge in [0.05, 0.1) is 13.2 Å². The van der Waals surface area contributed by atoms with Gasteiger partial charge in [0.25, 0.3) is 0 Å². The molecule has 1 aromatic rings. The fourth-order valence-electron chi connectivity index (χ4n) is 2.98. The maximum absolute atomic E-state index is 5.85. The molecule has 0 radical (unpaired) electrons. The number of hydrogen-bond donors (Lipinski definition) is 0. The molecule has 1 aliphatic carbocycles. The molecule has 1 saturated carbocycles. The quantitative estimate of drug-likeness (QED) is 0.570.